The first kappa shape index (κ1) is 17.1. The van der Waals surface area contributed by atoms with E-state index >= 15 is 0 Å². The van der Waals surface area contributed by atoms with Crippen LogP contribution in [0.4, 0.5) is 10.5 Å². The Hall–Kier alpha value is -2.69. The van der Waals surface area contributed by atoms with Gasteiger partial charge in [-0.2, -0.15) is 0 Å². The first-order chi connectivity index (χ1) is 12.3. The zero-order chi connectivity index (χ0) is 17.3. The van der Waals surface area contributed by atoms with Gasteiger partial charge >= 0.3 is 6.03 Å². The number of ether oxygens (including phenoxy) is 1. The molecule has 132 valence electrons. The molecule has 0 aliphatic carbocycles. The Labute approximate surface area is 149 Å². The van der Waals surface area contributed by atoms with Crippen molar-refractivity contribution in [1.29, 1.82) is 0 Å². The summed E-state index contributed by atoms with van der Waals surface area (Å²) in [6.07, 6.45) is 0.796. The Balaban J connectivity index is 1.31. The molecule has 0 radical (unpaired) electrons. The van der Waals surface area contributed by atoms with Gasteiger partial charge in [-0.25, -0.2) is 4.79 Å². The van der Waals surface area contributed by atoms with Crippen molar-refractivity contribution in [3.05, 3.63) is 60.7 Å². The van der Waals surface area contributed by atoms with E-state index in [9.17, 15) is 4.79 Å². The van der Waals surface area contributed by atoms with Crippen LogP contribution in [0.1, 0.15) is 6.42 Å². The van der Waals surface area contributed by atoms with Crippen LogP contribution in [0.3, 0.4) is 0 Å². The van der Waals surface area contributed by atoms with Crippen molar-refractivity contribution in [3.8, 4) is 5.75 Å². The van der Waals surface area contributed by atoms with E-state index < -0.39 is 0 Å². The van der Waals surface area contributed by atoms with Crippen LogP contribution < -0.4 is 15.0 Å². The summed E-state index contributed by atoms with van der Waals surface area (Å²) in [5, 5.41) is 2.98. The fourth-order valence-electron chi connectivity index (χ4n) is 2.89. The molecule has 5 nitrogen and oxygen atoms in total. The fraction of sp³-hybridized carbons (Fsp3) is 0.350. The van der Waals surface area contributed by atoms with Gasteiger partial charge in [0.2, 0.25) is 0 Å². The summed E-state index contributed by atoms with van der Waals surface area (Å²) in [6, 6.07) is 20.1. The molecule has 25 heavy (non-hydrogen) atoms. The Kier molecular flexibility index (Phi) is 6.15. The quantitative estimate of drug-likeness (QED) is 0.823. The smallest absolute Gasteiger partial charge is 0.317 e. The molecule has 2 aromatic carbocycles. The van der Waals surface area contributed by atoms with E-state index in [-0.39, 0.29) is 6.03 Å². The lowest BCUT2D eigenvalue weighted by Gasteiger charge is -2.36. The summed E-state index contributed by atoms with van der Waals surface area (Å²) in [7, 11) is 0. The van der Waals surface area contributed by atoms with Crippen molar-refractivity contribution in [1.82, 2.24) is 10.2 Å². The van der Waals surface area contributed by atoms with E-state index in [1.54, 1.807) is 0 Å². The molecule has 1 N–H and O–H groups in total. The van der Waals surface area contributed by atoms with E-state index in [0.29, 0.717) is 13.2 Å². The van der Waals surface area contributed by atoms with Crippen LogP contribution in [-0.2, 0) is 0 Å². The van der Waals surface area contributed by atoms with Crippen LogP contribution in [0, 0.1) is 0 Å². The molecule has 0 unspecified atom stereocenters. The zero-order valence-corrected chi connectivity index (χ0v) is 14.4. The summed E-state index contributed by atoms with van der Waals surface area (Å²) >= 11 is 0. The van der Waals surface area contributed by atoms with Gasteiger partial charge in [0.1, 0.15) is 5.75 Å². The number of carbonyl (C=O) groups excluding carboxylic acids is 1. The highest BCUT2D eigenvalue weighted by atomic mass is 16.5. The number of nitrogens with zero attached hydrogens (tertiary/aromatic N) is 2. The molecule has 2 amide bonds. The van der Waals surface area contributed by atoms with Crippen molar-refractivity contribution in [3.63, 3.8) is 0 Å². The SMILES string of the molecule is O=C(NCCCOc1ccccc1)N1CCN(c2ccccc2)CC1. The number of amides is 2. The lowest BCUT2D eigenvalue weighted by atomic mass is 10.2. The highest BCUT2D eigenvalue weighted by Crippen LogP contribution is 2.15. The first-order valence-electron chi connectivity index (χ1n) is 8.83. The van der Waals surface area contributed by atoms with Crippen molar-refractivity contribution in [2.24, 2.45) is 0 Å². The lowest BCUT2D eigenvalue weighted by Crippen LogP contribution is -2.52. The zero-order valence-electron chi connectivity index (χ0n) is 14.4. The predicted octanol–water partition coefficient (Wildman–Crippen LogP) is 2.99. The number of urea groups is 1. The van der Waals surface area contributed by atoms with Gasteiger partial charge in [-0.05, 0) is 30.7 Å². The third-order valence-electron chi connectivity index (χ3n) is 4.30. The number of nitrogens with one attached hydrogen (secondary N) is 1. The van der Waals surface area contributed by atoms with E-state index in [2.05, 4.69) is 22.3 Å². The normalized spacial score (nSPS) is 14.2. The van der Waals surface area contributed by atoms with Crippen LogP contribution in [0.2, 0.25) is 0 Å². The molecule has 1 heterocycles. The molecule has 0 spiro atoms. The summed E-state index contributed by atoms with van der Waals surface area (Å²) in [5.74, 6) is 0.867. The minimum Gasteiger partial charge on any atom is -0.494 e. The van der Waals surface area contributed by atoms with Crippen LogP contribution in [0.5, 0.6) is 5.75 Å². The average molecular weight is 339 g/mol. The maximum atomic E-state index is 12.2. The van der Waals surface area contributed by atoms with Gasteiger partial charge in [0, 0.05) is 38.4 Å². The Morgan fingerprint density at radius 1 is 0.920 bits per heavy atom. The topological polar surface area (TPSA) is 44.8 Å². The maximum Gasteiger partial charge on any atom is 0.317 e. The van der Waals surface area contributed by atoms with Crippen LogP contribution in [0.15, 0.2) is 60.7 Å². The third kappa shape index (κ3) is 5.14. The summed E-state index contributed by atoms with van der Waals surface area (Å²) in [4.78, 5) is 16.4. The molecule has 2 aromatic rings. The van der Waals surface area contributed by atoms with Crippen LogP contribution >= 0.6 is 0 Å². The van der Waals surface area contributed by atoms with E-state index in [0.717, 1.165) is 38.3 Å². The Morgan fingerprint density at radius 2 is 1.56 bits per heavy atom. The average Bonchev–Trinajstić information content (AvgIpc) is 2.69. The van der Waals surface area contributed by atoms with Crippen LogP contribution in [-0.4, -0.2) is 50.3 Å². The van der Waals surface area contributed by atoms with Crippen molar-refractivity contribution in [2.45, 2.75) is 6.42 Å². The molecule has 1 fully saturated rings. The molecule has 0 bridgehead atoms. The molecule has 1 aliphatic rings. The highest BCUT2D eigenvalue weighted by molar-refractivity contribution is 5.74. The minimum absolute atomic E-state index is 0.0208. The Morgan fingerprint density at radius 3 is 2.24 bits per heavy atom. The summed E-state index contributed by atoms with van der Waals surface area (Å²) < 4.78 is 5.62. The second-order valence-electron chi connectivity index (χ2n) is 6.06. The number of anilines is 1. The first-order valence-corrected chi connectivity index (χ1v) is 8.83. The minimum atomic E-state index is 0.0208. The maximum absolute atomic E-state index is 12.2. The van der Waals surface area contributed by atoms with Gasteiger partial charge in [0.25, 0.3) is 0 Å². The number of rotatable bonds is 6. The number of para-hydroxylation sites is 2. The molecule has 1 aliphatic heterocycles. The van der Waals surface area contributed by atoms with Crippen molar-refractivity contribution >= 4 is 11.7 Å². The second kappa shape index (κ2) is 8.97. The van der Waals surface area contributed by atoms with Gasteiger partial charge in [0.05, 0.1) is 6.61 Å². The molecular formula is C20H25N3O2. The molecule has 5 heteroatoms. The molecule has 0 aromatic heterocycles. The van der Waals surface area contributed by atoms with Gasteiger partial charge < -0.3 is 19.9 Å². The fourth-order valence-corrected chi connectivity index (χ4v) is 2.89. The number of piperazine rings is 1. The Bertz CT molecular complexity index is 641. The van der Waals surface area contributed by atoms with Crippen molar-refractivity contribution < 1.29 is 9.53 Å². The molecule has 3 rings (SSSR count). The van der Waals surface area contributed by atoms with Gasteiger partial charge in [-0.3, -0.25) is 0 Å². The number of benzene rings is 2. The van der Waals surface area contributed by atoms with Crippen molar-refractivity contribution in [2.75, 3.05) is 44.2 Å². The lowest BCUT2D eigenvalue weighted by molar-refractivity contribution is 0.193. The van der Waals surface area contributed by atoms with E-state index in [1.807, 2.05) is 53.4 Å². The van der Waals surface area contributed by atoms with Crippen LogP contribution in [0.25, 0.3) is 0 Å². The monoisotopic (exact) mass is 339 g/mol. The largest absolute Gasteiger partial charge is 0.494 e. The molecule has 0 saturated carbocycles. The van der Waals surface area contributed by atoms with Gasteiger partial charge in [-0.1, -0.05) is 36.4 Å². The van der Waals surface area contributed by atoms with E-state index in [4.69, 9.17) is 4.74 Å². The molecular weight excluding hydrogens is 314 g/mol. The highest BCUT2D eigenvalue weighted by Gasteiger charge is 2.20. The number of hydrogen-bond acceptors (Lipinski definition) is 3. The summed E-state index contributed by atoms with van der Waals surface area (Å²) in [6.45, 7) is 4.47. The molecule has 0 atom stereocenters. The van der Waals surface area contributed by atoms with Gasteiger partial charge in [-0.15, -0.1) is 0 Å². The third-order valence-corrected chi connectivity index (χ3v) is 4.30. The second-order valence-corrected chi connectivity index (χ2v) is 6.06. The number of carbonyl (C=O) groups is 1. The molecule has 1 saturated heterocycles. The predicted molar refractivity (Wildman–Crippen MR) is 100 cm³/mol. The summed E-state index contributed by atoms with van der Waals surface area (Å²) in [5.41, 5.74) is 1.22. The standard InChI is InChI=1S/C20H25N3O2/c24-20(21-12-7-17-25-19-10-5-2-6-11-19)23-15-13-22(14-16-23)18-8-3-1-4-9-18/h1-6,8-11H,7,12-17H2,(H,21,24). The van der Waals surface area contributed by atoms with E-state index in [1.165, 1.54) is 5.69 Å². The number of hydrogen-bond donors (Lipinski definition) is 1. The van der Waals surface area contributed by atoms with Gasteiger partial charge in [0.15, 0.2) is 0 Å².